The van der Waals surface area contributed by atoms with Gasteiger partial charge in [-0.15, -0.1) is 0 Å². The molecule has 0 fully saturated rings. The van der Waals surface area contributed by atoms with Gasteiger partial charge in [-0.2, -0.15) is 0 Å². The molecule has 0 aliphatic heterocycles. The molecule has 2 aromatic rings. The van der Waals surface area contributed by atoms with Gasteiger partial charge >= 0.3 is 0 Å². The van der Waals surface area contributed by atoms with Gasteiger partial charge in [0.05, 0.1) is 6.54 Å². The maximum Gasteiger partial charge on any atom is 0.164 e. The van der Waals surface area contributed by atoms with Gasteiger partial charge in [0.15, 0.2) is 3.77 Å². The monoisotopic (exact) mass is 345 g/mol. The van der Waals surface area contributed by atoms with E-state index in [0.717, 1.165) is 28.1 Å². The Balaban J connectivity index is 1.73. The topological polar surface area (TPSA) is 25.2 Å². The lowest BCUT2D eigenvalue weighted by Crippen LogP contribution is -2.16. The van der Waals surface area contributed by atoms with Crippen molar-refractivity contribution in [3.8, 4) is 0 Å². The maximum absolute atomic E-state index is 12.9. The molecule has 0 amide bonds. The van der Waals surface area contributed by atoms with Gasteiger partial charge in [0.25, 0.3) is 0 Å². The van der Waals surface area contributed by atoms with Crippen molar-refractivity contribution in [2.75, 3.05) is 6.54 Å². The highest BCUT2D eigenvalue weighted by Gasteiger charge is 1.99. The fraction of sp³-hybridized carbons (Fsp3) is 0.231. The van der Waals surface area contributed by atoms with E-state index in [4.69, 9.17) is 4.42 Å². The summed E-state index contributed by atoms with van der Waals surface area (Å²) in [6.07, 6.45) is 0.815. The molecule has 1 aromatic carbocycles. The summed E-state index contributed by atoms with van der Waals surface area (Å²) in [7, 11) is 0. The second-order valence-corrected chi connectivity index (χ2v) is 4.83. The molecule has 0 aliphatic rings. The Labute approximate surface area is 113 Å². The molecule has 2 rings (SSSR count). The van der Waals surface area contributed by atoms with Crippen molar-refractivity contribution in [2.24, 2.45) is 0 Å². The molecule has 1 N–H and O–H groups in total. The summed E-state index contributed by atoms with van der Waals surface area (Å²) in [5.74, 6) is 0.747. The Kier molecular flexibility index (Phi) is 4.56. The Bertz CT molecular complexity index is 484. The summed E-state index contributed by atoms with van der Waals surface area (Å²) >= 11 is 2.14. The summed E-state index contributed by atoms with van der Waals surface area (Å²) < 4.78 is 19.2. The molecule has 1 aromatic heterocycles. The lowest BCUT2D eigenvalue weighted by Gasteiger charge is -2.03. The van der Waals surface area contributed by atoms with Crippen molar-refractivity contribution in [3.63, 3.8) is 0 Å². The van der Waals surface area contributed by atoms with Crippen LogP contribution in [0.4, 0.5) is 4.39 Å². The van der Waals surface area contributed by atoms with Gasteiger partial charge in [-0.05, 0) is 65.4 Å². The first kappa shape index (κ1) is 12.6. The van der Waals surface area contributed by atoms with Gasteiger partial charge in [0.2, 0.25) is 0 Å². The van der Waals surface area contributed by atoms with Gasteiger partial charge in [-0.1, -0.05) is 12.1 Å². The molecule has 0 saturated carbocycles. The predicted octanol–water partition coefficient (Wildman–Crippen LogP) is 3.36. The van der Waals surface area contributed by atoms with Gasteiger partial charge < -0.3 is 9.73 Å². The lowest BCUT2D eigenvalue weighted by molar-refractivity contribution is 0.464. The summed E-state index contributed by atoms with van der Waals surface area (Å²) in [6, 6.07) is 10.6. The highest BCUT2D eigenvalue weighted by Crippen LogP contribution is 2.09. The summed E-state index contributed by atoms with van der Waals surface area (Å²) in [5.41, 5.74) is 1.01. The zero-order valence-corrected chi connectivity index (χ0v) is 11.4. The molecule has 1 heterocycles. The Morgan fingerprint density at radius 3 is 2.82 bits per heavy atom. The maximum atomic E-state index is 12.9. The molecule has 0 bridgehead atoms. The number of benzene rings is 1. The molecule has 0 spiro atoms. The third-order valence-corrected chi connectivity index (χ3v) is 2.99. The number of furan rings is 1. The molecule has 0 unspecified atom stereocenters. The van der Waals surface area contributed by atoms with Crippen LogP contribution in [0.1, 0.15) is 11.3 Å². The molecule has 17 heavy (non-hydrogen) atoms. The Hall–Kier alpha value is -0.880. The molecule has 0 atom stereocenters. The zero-order valence-electron chi connectivity index (χ0n) is 9.25. The standard InChI is InChI=1S/C13H13FINO/c14-11-3-1-2-10(8-11)6-7-16-9-12-4-5-13(15)17-12/h1-5,8,16H,6-7,9H2. The van der Waals surface area contributed by atoms with Crippen molar-refractivity contribution in [3.05, 3.63) is 57.3 Å². The van der Waals surface area contributed by atoms with Crippen molar-refractivity contribution in [1.82, 2.24) is 5.32 Å². The molecule has 4 heteroatoms. The van der Waals surface area contributed by atoms with E-state index < -0.39 is 0 Å². The van der Waals surface area contributed by atoms with E-state index >= 15 is 0 Å². The number of hydrogen-bond donors (Lipinski definition) is 1. The van der Waals surface area contributed by atoms with E-state index in [1.807, 2.05) is 18.2 Å². The first-order valence-corrected chi connectivity index (χ1v) is 6.51. The molecule has 0 aliphatic carbocycles. The second-order valence-electron chi connectivity index (χ2n) is 3.76. The van der Waals surface area contributed by atoms with Crippen LogP contribution >= 0.6 is 22.6 Å². The van der Waals surface area contributed by atoms with Crippen molar-refractivity contribution >= 4 is 22.6 Å². The van der Waals surface area contributed by atoms with Crippen molar-refractivity contribution < 1.29 is 8.81 Å². The molecule has 2 nitrogen and oxygen atoms in total. The van der Waals surface area contributed by atoms with Crippen LogP contribution in [-0.4, -0.2) is 6.54 Å². The van der Waals surface area contributed by atoms with E-state index in [1.165, 1.54) is 6.07 Å². The number of nitrogens with one attached hydrogen (secondary N) is 1. The van der Waals surface area contributed by atoms with Crippen LogP contribution in [0.25, 0.3) is 0 Å². The van der Waals surface area contributed by atoms with E-state index in [0.29, 0.717) is 6.54 Å². The summed E-state index contributed by atoms with van der Waals surface area (Å²) in [6.45, 7) is 1.51. The Morgan fingerprint density at radius 2 is 2.12 bits per heavy atom. The highest BCUT2D eigenvalue weighted by atomic mass is 127. The third kappa shape index (κ3) is 4.12. The van der Waals surface area contributed by atoms with Crippen LogP contribution in [0, 0.1) is 9.58 Å². The average molecular weight is 345 g/mol. The van der Waals surface area contributed by atoms with Crippen LogP contribution in [0.2, 0.25) is 0 Å². The third-order valence-electron chi connectivity index (χ3n) is 2.41. The van der Waals surface area contributed by atoms with Crippen LogP contribution in [0.15, 0.2) is 40.8 Å². The number of hydrogen-bond acceptors (Lipinski definition) is 2. The van der Waals surface area contributed by atoms with Gasteiger partial charge in [0.1, 0.15) is 11.6 Å². The minimum atomic E-state index is -0.178. The van der Waals surface area contributed by atoms with Crippen LogP contribution in [0.5, 0.6) is 0 Å². The second kappa shape index (κ2) is 6.16. The van der Waals surface area contributed by atoms with Crippen LogP contribution in [0.3, 0.4) is 0 Å². The normalized spacial score (nSPS) is 10.7. The van der Waals surface area contributed by atoms with Gasteiger partial charge in [0, 0.05) is 0 Å². The SMILES string of the molecule is Fc1cccc(CCNCc2ccc(I)o2)c1. The molecular formula is C13H13FINO. The fourth-order valence-corrected chi connectivity index (χ4v) is 2.05. The average Bonchev–Trinajstić information content (AvgIpc) is 2.71. The van der Waals surface area contributed by atoms with Crippen molar-refractivity contribution in [1.29, 1.82) is 0 Å². The fourth-order valence-electron chi connectivity index (χ4n) is 1.58. The van der Waals surface area contributed by atoms with E-state index in [9.17, 15) is 4.39 Å². The minimum absolute atomic E-state index is 0.178. The molecular weight excluding hydrogens is 332 g/mol. The van der Waals surface area contributed by atoms with Crippen LogP contribution in [-0.2, 0) is 13.0 Å². The molecule has 90 valence electrons. The first-order chi connectivity index (χ1) is 8.24. The number of halogens is 2. The Morgan fingerprint density at radius 1 is 1.24 bits per heavy atom. The molecule has 0 radical (unpaired) electrons. The highest BCUT2D eigenvalue weighted by molar-refractivity contribution is 14.1. The van der Waals surface area contributed by atoms with Gasteiger partial charge in [-0.3, -0.25) is 0 Å². The zero-order chi connectivity index (χ0) is 12.1. The van der Waals surface area contributed by atoms with Crippen molar-refractivity contribution in [2.45, 2.75) is 13.0 Å². The minimum Gasteiger partial charge on any atom is -0.454 e. The van der Waals surface area contributed by atoms with Crippen LogP contribution < -0.4 is 5.32 Å². The quantitative estimate of drug-likeness (QED) is 0.664. The largest absolute Gasteiger partial charge is 0.454 e. The lowest BCUT2D eigenvalue weighted by atomic mass is 10.1. The summed E-state index contributed by atoms with van der Waals surface area (Å²) in [4.78, 5) is 0. The molecule has 0 saturated heterocycles. The smallest absolute Gasteiger partial charge is 0.164 e. The van der Waals surface area contributed by atoms with E-state index in [-0.39, 0.29) is 5.82 Å². The van der Waals surface area contributed by atoms with E-state index in [2.05, 4.69) is 27.9 Å². The number of rotatable bonds is 5. The first-order valence-electron chi connectivity index (χ1n) is 5.43. The summed E-state index contributed by atoms with van der Waals surface area (Å²) in [5, 5.41) is 3.26. The van der Waals surface area contributed by atoms with Gasteiger partial charge in [-0.25, -0.2) is 4.39 Å². The predicted molar refractivity (Wildman–Crippen MR) is 73.2 cm³/mol. The van der Waals surface area contributed by atoms with E-state index in [1.54, 1.807) is 12.1 Å².